The zero-order valence-corrected chi connectivity index (χ0v) is 18.5. The number of aromatic nitrogens is 2. The molecule has 0 atom stereocenters. The first-order valence-corrected chi connectivity index (χ1v) is 10.9. The quantitative estimate of drug-likeness (QED) is 0.171. The number of esters is 1. The zero-order chi connectivity index (χ0) is 22.7. The molecule has 0 spiro atoms. The van der Waals surface area contributed by atoms with Gasteiger partial charge < -0.3 is 9.15 Å². The van der Waals surface area contributed by atoms with Crippen LogP contribution in [0.4, 0.5) is 0 Å². The SMILES string of the molecule is COC(=O)c1ccc2c(=O)n(Cc3ccco3)c(SCC(=O)c3ccc(Cl)cc3)nc2c1. The van der Waals surface area contributed by atoms with Crippen LogP contribution in [0.2, 0.25) is 5.02 Å². The summed E-state index contributed by atoms with van der Waals surface area (Å²) in [7, 11) is 1.28. The summed E-state index contributed by atoms with van der Waals surface area (Å²) in [6.45, 7) is 0.158. The van der Waals surface area contributed by atoms with Gasteiger partial charge in [0.05, 0.1) is 42.1 Å². The highest BCUT2D eigenvalue weighted by Gasteiger charge is 2.17. The third-order valence-corrected chi connectivity index (χ3v) is 5.96. The summed E-state index contributed by atoms with van der Waals surface area (Å²) >= 11 is 7.03. The molecule has 7 nitrogen and oxygen atoms in total. The van der Waals surface area contributed by atoms with Crippen molar-refractivity contribution in [3.63, 3.8) is 0 Å². The van der Waals surface area contributed by atoms with Crippen LogP contribution in [0.5, 0.6) is 0 Å². The predicted molar refractivity (Wildman–Crippen MR) is 122 cm³/mol. The van der Waals surface area contributed by atoms with Gasteiger partial charge in [0.15, 0.2) is 10.9 Å². The number of fused-ring (bicyclic) bond motifs is 1. The van der Waals surface area contributed by atoms with Crippen molar-refractivity contribution in [1.29, 1.82) is 0 Å². The number of thioether (sulfide) groups is 1. The molecule has 0 aliphatic rings. The van der Waals surface area contributed by atoms with E-state index >= 15 is 0 Å². The number of ether oxygens (including phenoxy) is 1. The van der Waals surface area contributed by atoms with Crippen LogP contribution in [-0.2, 0) is 11.3 Å². The highest BCUT2D eigenvalue weighted by atomic mass is 35.5. The van der Waals surface area contributed by atoms with E-state index in [-0.39, 0.29) is 29.2 Å². The molecule has 2 heterocycles. The summed E-state index contributed by atoms with van der Waals surface area (Å²) in [5.41, 5.74) is 0.832. The van der Waals surface area contributed by atoms with Crippen molar-refractivity contribution in [1.82, 2.24) is 9.55 Å². The summed E-state index contributed by atoms with van der Waals surface area (Å²) in [6.07, 6.45) is 1.52. The predicted octanol–water partition coefficient (Wildman–Crippen LogP) is 4.45. The van der Waals surface area contributed by atoms with Crippen molar-refractivity contribution in [3.05, 3.63) is 93.1 Å². The molecule has 0 fully saturated rings. The van der Waals surface area contributed by atoms with Gasteiger partial charge in [-0.25, -0.2) is 9.78 Å². The molecule has 0 amide bonds. The van der Waals surface area contributed by atoms with Crippen molar-refractivity contribution in [3.8, 4) is 0 Å². The third-order valence-electron chi connectivity index (χ3n) is 4.73. The monoisotopic (exact) mass is 468 g/mol. The molecule has 0 saturated carbocycles. The molecule has 0 saturated heterocycles. The summed E-state index contributed by atoms with van der Waals surface area (Å²) in [6, 6.07) is 14.6. The van der Waals surface area contributed by atoms with E-state index in [9.17, 15) is 14.4 Å². The van der Waals surface area contributed by atoms with Gasteiger partial charge in [0.25, 0.3) is 5.56 Å². The Morgan fingerprint density at radius 3 is 2.56 bits per heavy atom. The number of nitrogens with zero attached hydrogens (tertiary/aromatic N) is 2. The van der Waals surface area contributed by atoms with Crippen LogP contribution in [0.3, 0.4) is 0 Å². The average Bonchev–Trinajstić information content (AvgIpc) is 3.32. The van der Waals surface area contributed by atoms with Crippen molar-refractivity contribution in [2.45, 2.75) is 11.7 Å². The normalized spacial score (nSPS) is 10.9. The molecule has 9 heteroatoms. The maximum absolute atomic E-state index is 13.2. The Labute approximate surface area is 192 Å². The third kappa shape index (κ3) is 4.61. The number of methoxy groups -OCH3 is 1. The molecule has 2 aromatic carbocycles. The number of rotatable bonds is 7. The van der Waals surface area contributed by atoms with Gasteiger partial charge in [-0.2, -0.15) is 0 Å². The molecule has 0 radical (unpaired) electrons. The van der Waals surface area contributed by atoms with E-state index in [1.807, 2.05) is 0 Å². The Bertz CT molecular complexity index is 1350. The maximum Gasteiger partial charge on any atom is 0.337 e. The lowest BCUT2D eigenvalue weighted by atomic mass is 10.1. The molecule has 2 aromatic heterocycles. The molecular weight excluding hydrogens is 452 g/mol. The molecule has 0 N–H and O–H groups in total. The number of carbonyl (C=O) groups excluding carboxylic acids is 2. The molecule has 0 aliphatic heterocycles. The number of Topliss-reactive ketones (excluding diaryl/α,β-unsaturated/α-hetero) is 1. The summed E-state index contributed by atoms with van der Waals surface area (Å²) < 4.78 is 11.6. The van der Waals surface area contributed by atoms with Gasteiger partial charge in [-0.05, 0) is 54.6 Å². The van der Waals surface area contributed by atoms with Crippen LogP contribution >= 0.6 is 23.4 Å². The van der Waals surface area contributed by atoms with Gasteiger partial charge in [-0.15, -0.1) is 0 Å². The van der Waals surface area contributed by atoms with Crippen molar-refractivity contribution in [2.75, 3.05) is 12.9 Å². The van der Waals surface area contributed by atoms with Crippen molar-refractivity contribution in [2.24, 2.45) is 0 Å². The summed E-state index contributed by atoms with van der Waals surface area (Å²) in [5, 5.41) is 1.22. The van der Waals surface area contributed by atoms with Crippen molar-refractivity contribution >= 4 is 46.0 Å². The second-order valence-electron chi connectivity index (χ2n) is 6.81. The van der Waals surface area contributed by atoms with E-state index in [4.69, 9.17) is 20.8 Å². The summed E-state index contributed by atoms with van der Waals surface area (Å²) in [5.74, 6) is -0.0196. The first-order valence-electron chi connectivity index (χ1n) is 9.53. The maximum atomic E-state index is 13.2. The van der Waals surface area contributed by atoms with E-state index < -0.39 is 5.97 Å². The van der Waals surface area contributed by atoms with Crippen LogP contribution < -0.4 is 5.56 Å². The molecule has 0 bridgehead atoms. The van der Waals surface area contributed by atoms with Crippen LogP contribution in [0.15, 0.2) is 75.2 Å². The number of furan rings is 1. The standard InChI is InChI=1S/C23H17ClN2O5S/c1-30-22(29)15-6-9-18-19(11-15)25-23(26(21(18)28)12-17-3-2-10-31-17)32-13-20(27)14-4-7-16(24)8-5-14/h2-11H,12-13H2,1H3. The molecule has 0 aliphatic carbocycles. The smallest absolute Gasteiger partial charge is 0.337 e. The lowest BCUT2D eigenvalue weighted by Gasteiger charge is -2.12. The molecule has 4 rings (SSSR count). The van der Waals surface area contributed by atoms with Gasteiger partial charge in [0, 0.05) is 10.6 Å². The number of benzene rings is 2. The minimum atomic E-state index is -0.527. The summed E-state index contributed by atoms with van der Waals surface area (Å²) in [4.78, 5) is 42.3. The number of halogens is 1. The highest BCUT2D eigenvalue weighted by molar-refractivity contribution is 7.99. The van der Waals surface area contributed by atoms with E-state index in [1.54, 1.807) is 42.5 Å². The zero-order valence-electron chi connectivity index (χ0n) is 16.9. The van der Waals surface area contributed by atoms with Crippen LogP contribution in [0.1, 0.15) is 26.5 Å². The first-order chi connectivity index (χ1) is 15.5. The lowest BCUT2D eigenvalue weighted by molar-refractivity contribution is 0.0600. The Morgan fingerprint density at radius 2 is 1.88 bits per heavy atom. The van der Waals surface area contributed by atoms with Gasteiger partial charge in [-0.3, -0.25) is 14.2 Å². The minimum Gasteiger partial charge on any atom is -0.467 e. The fourth-order valence-corrected chi connectivity index (χ4v) is 4.12. The largest absolute Gasteiger partial charge is 0.467 e. The van der Waals surface area contributed by atoms with Crippen molar-refractivity contribution < 1.29 is 18.7 Å². The highest BCUT2D eigenvalue weighted by Crippen LogP contribution is 2.22. The van der Waals surface area contributed by atoms with E-state index in [0.29, 0.717) is 32.4 Å². The van der Waals surface area contributed by atoms with Gasteiger partial charge in [0.2, 0.25) is 0 Å². The Balaban J connectivity index is 1.72. The number of hydrogen-bond donors (Lipinski definition) is 0. The Kier molecular flexibility index (Phi) is 6.43. The molecule has 32 heavy (non-hydrogen) atoms. The Morgan fingerprint density at radius 1 is 1.12 bits per heavy atom. The van der Waals surface area contributed by atoms with Gasteiger partial charge >= 0.3 is 5.97 Å². The molecule has 162 valence electrons. The van der Waals surface area contributed by atoms with E-state index in [1.165, 1.54) is 30.1 Å². The second-order valence-corrected chi connectivity index (χ2v) is 8.19. The van der Waals surface area contributed by atoms with Crippen LogP contribution in [0.25, 0.3) is 10.9 Å². The fraction of sp³-hybridized carbons (Fsp3) is 0.130. The number of carbonyl (C=O) groups is 2. The van der Waals surface area contributed by atoms with Crippen LogP contribution in [-0.4, -0.2) is 34.2 Å². The Hall–Kier alpha value is -3.36. The van der Waals surface area contributed by atoms with E-state index in [0.717, 1.165) is 11.8 Å². The second kappa shape index (κ2) is 9.42. The molecular formula is C23H17ClN2O5S. The minimum absolute atomic E-state index is 0.0639. The molecule has 4 aromatic rings. The van der Waals surface area contributed by atoms with Gasteiger partial charge in [-0.1, -0.05) is 23.4 Å². The van der Waals surface area contributed by atoms with Gasteiger partial charge in [0.1, 0.15) is 5.76 Å². The van der Waals surface area contributed by atoms with Crippen LogP contribution in [0, 0.1) is 0 Å². The lowest BCUT2D eigenvalue weighted by Crippen LogP contribution is -2.24. The first kappa shape index (κ1) is 21.9. The average molecular weight is 469 g/mol. The fourth-order valence-electron chi connectivity index (χ4n) is 3.10. The molecule has 0 unspecified atom stereocenters. The number of hydrogen-bond acceptors (Lipinski definition) is 7. The topological polar surface area (TPSA) is 91.4 Å². The number of ketones is 1. The van der Waals surface area contributed by atoms with E-state index in [2.05, 4.69) is 4.98 Å².